The lowest BCUT2D eigenvalue weighted by Crippen LogP contribution is -2.66. The number of carbonyl (C=O) groups is 3. The number of likely N-dealkylation sites (N-methyl/N-ethyl adjacent to an activating group) is 2. The minimum absolute atomic E-state index is 0.0523. The van der Waals surface area contributed by atoms with Gasteiger partial charge in [0.25, 0.3) is 12.1 Å². The molecule has 0 aromatic heterocycles. The minimum atomic E-state index is -0.547. The number of nitroso groups, excluding NO2 is 2. The molecule has 11 saturated heterocycles. The molecule has 0 saturated carbocycles. The van der Waals surface area contributed by atoms with Crippen molar-refractivity contribution in [1.29, 1.82) is 0 Å². The molecule has 26 heteroatoms. The van der Waals surface area contributed by atoms with Crippen LogP contribution in [0.1, 0.15) is 138 Å². The van der Waals surface area contributed by atoms with E-state index >= 15 is 0 Å². The van der Waals surface area contributed by atoms with Crippen LogP contribution < -0.4 is 5.73 Å². The van der Waals surface area contributed by atoms with E-state index in [9.17, 15) is 29.3 Å². The third-order valence-electron chi connectivity index (χ3n) is 21.8. The van der Waals surface area contributed by atoms with E-state index < -0.39 is 5.54 Å². The average molecular weight is 1480 g/mol. The van der Waals surface area contributed by atoms with Gasteiger partial charge in [0, 0.05) is 170 Å². The Bertz CT molecular complexity index is 2550. The summed E-state index contributed by atoms with van der Waals surface area (Å²) in [4.78, 5) is 87.9. The predicted molar refractivity (Wildman–Crippen MR) is 419 cm³/mol. The zero-order chi connectivity index (χ0) is 78.0. The number of nitrogens with two attached hydrogens (primary N) is 1. The van der Waals surface area contributed by atoms with Gasteiger partial charge in [-0.3, -0.25) is 53.6 Å². The Kier molecular flexibility index (Phi) is 36.5. The molecule has 0 aliphatic carbocycles. The van der Waals surface area contributed by atoms with Crippen LogP contribution in [0.4, 0.5) is 0 Å². The molecule has 0 bridgehead atoms. The van der Waals surface area contributed by atoms with Crippen molar-refractivity contribution >= 4 is 17.7 Å². The SMILES string of the molecule is CC(C)CN1CC(C(=O)N2CCC(O)C2)C1.CC(C)CN1CC(C)(C(=O)N(C)C)C1.CC(C)CN1CC(N(C)C(C)(C)C(N)=O)C1.CC(C)CN1CC(N(C)C2COC2)C1.CC(C)CN1CC(N2CCOC(C)(C)C2)C1.CC(C)CN1CC([N+](=O)N(C)C)C1.CC(C)CN1CC([N+](=O)N2CC(O)C2)C1. The molecule has 11 heterocycles. The fourth-order valence-electron chi connectivity index (χ4n) is 15.8. The van der Waals surface area contributed by atoms with Gasteiger partial charge < -0.3 is 45.0 Å². The number of hydrogen-bond donors (Lipinski definition) is 3. The number of aliphatic hydroxyl groups is 2. The Hall–Kier alpha value is -3.35. The van der Waals surface area contributed by atoms with Crippen LogP contribution in [0.2, 0.25) is 0 Å². The molecule has 3 amide bonds. The number of morpholine rings is 1. The molecule has 11 fully saturated rings. The van der Waals surface area contributed by atoms with E-state index in [1.54, 1.807) is 29.0 Å². The largest absolute Gasteiger partial charge is 0.391 e. The van der Waals surface area contributed by atoms with E-state index in [0.29, 0.717) is 61.3 Å². The van der Waals surface area contributed by atoms with Crippen molar-refractivity contribution in [2.45, 2.75) is 198 Å². The Morgan fingerprint density at radius 2 is 0.933 bits per heavy atom. The lowest BCUT2D eigenvalue weighted by Gasteiger charge is -2.50. The summed E-state index contributed by atoms with van der Waals surface area (Å²) in [6, 6.07) is 3.00. The molecule has 11 rings (SSSR count). The second-order valence-electron chi connectivity index (χ2n) is 37.6. The number of hydrazine groups is 2. The van der Waals surface area contributed by atoms with E-state index in [4.69, 9.17) is 20.3 Å². The topological polar surface area (TPSA) is 222 Å². The summed E-state index contributed by atoms with van der Waals surface area (Å²) >= 11 is 0. The standard InChI is InChI=1S/C13H26N2O.C12H25N3O.C12H22N2O2.2C11H22N2O.C10H20N3O2.C9H20N3O/c1-11(2)7-14-8-12(9-14)15-5-6-16-13(3,4)10-15;1-9(2)6-15-7-10(8-15)14(5)12(3,4)11(13)16;1-9(2)5-13-6-10(7-13)12(16)14-4-3-11(15)8-14;1-9(2)4-13-5-10(6-13)12(3)11-7-14-8-11;1-9(2)6-13-7-11(3,8-13)10(14)12(4)5;1-8(2)3-11-4-9(5-11)13(15)12-6-10(14)7-12;1-8(2)5-11-6-9(7-11)12(13)10(3)4/h11-12H,5-10H2,1-4H3;9-10H,6-8H2,1-5H3,(H2,13,16);9-11,15H,3-8H2,1-2H3;9-11H,4-8H2,1-3H3;9H,6-8H2,1-5H3;8-10,14H,3-7H2,1-2H3;8-9H,5-7H2,1-4H3/q;;;;;2*+1. The molecule has 11 aliphatic heterocycles. The second kappa shape index (κ2) is 41.6. The quantitative estimate of drug-likeness (QED) is 0.0819. The second-order valence-corrected chi connectivity index (χ2v) is 37.6. The van der Waals surface area contributed by atoms with Gasteiger partial charge in [-0.05, 0) is 96.6 Å². The van der Waals surface area contributed by atoms with Crippen LogP contribution in [0.3, 0.4) is 0 Å². The smallest absolute Gasteiger partial charge is 0.259 e. The number of primary amides is 1. The van der Waals surface area contributed by atoms with Crippen LogP contribution in [0.25, 0.3) is 0 Å². The summed E-state index contributed by atoms with van der Waals surface area (Å²) in [5, 5.41) is 21.8. The summed E-state index contributed by atoms with van der Waals surface area (Å²) in [6.07, 6.45) is 0.151. The molecule has 0 spiro atoms. The average Bonchev–Trinajstić information content (AvgIpc) is 0.883. The summed E-state index contributed by atoms with van der Waals surface area (Å²) < 4.78 is 11.0. The number of amides is 3. The fraction of sp³-hybridized carbons (Fsp3) is 0.962. The van der Waals surface area contributed by atoms with Crippen molar-refractivity contribution in [3.63, 3.8) is 0 Å². The first-order chi connectivity index (χ1) is 48.3. The molecule has 0 aromatic carbocycles. The molecule has 104 heavy (non-hydrogen) atoms. The van der Waals surface area contributed by atoms with Gasteiger partial charge in [-0.25, -0.2) is 0 Å². The van der Waals surface area contributed by atoms with Gasteiger partial charge in [0.1, 0.15) is 28.9 Å². The lowest BCUT2D eigenvalue weighted by atomic mass is 9.80. The molecule has 1 atom stereocenters. The fourth-order valence-corrected chi connectivity index (χ4v) is 15.8. The van der Waals surface area contributed by atoms with Crippen molar-refractivity contribution < 1.29 is 43.8 Å². The van der Waals surface area contributed by atoms with E-state index in [0.717, 1.165) is 178 Å². The number of β-amino-alcohol motifs (C(OH)–C–C–N with tert-alkyl or cyclic N) is 2. The molecule has 0 aromatic rings. The highest BCUT2D eigenvalue weighted by Gasteiger charge is 2.49. The highest BCUT2D eigenvalue weighted by atomic mass is 16.5. The number of carbonyl (C=O) groups excluding carboxylic acids is 3. The first-order valence-electron chi connectivity index (χ1n) is 40.3. The maximum absolute atomic E-state index is 12.0. The van der Waals surface area contributed by atoms with Crippen LogP contribution in [-0.2, 0) is 23.9 Å². The van der Waals surface area contributed by atoms with E-state index in [2.05, 4.69) is 174 Å². The number of aliphatic hydroxyl groups excluding tert-OH is 2. The zero-order valence-electron chi connectivity index (χ0n) is 70.6. The molecule has 4 N–H and O–H groups in total. The van der Waals surface area contributed by atoms with Gasteiger partial charge in [-0.2, -0.15) is 0 Å². The van der Waals surface area contributed by atoms with Gasteiger partial charge in [0.05, 0.1) is 105 Å². The minimum Gasteiger partial charge on any atom is -0.391 e. The molecular formula is C78H157N17O9+2. The van der Waals surface area contributed by atoms with Crippen LogP contribution in [0.5, 0.6) is 0 Å². The Balaban J connectivity index is 0.000000218. The number of ether oxygens (including phenoxy) is 2. The number of hydrogen-bond acceptors (Lipinski definition) is 19. The van der Waals surface area contributed by atoms with E-state index in [1.807, 2.05) is 39.9 Å². The van der Waals surface area contributed by atoms with Gasteiger partial charge >= 0.3 is 0 Å². The highest BCUT2D eigenvalue weighted by Crippen LogP contribution is 2.32. The normalized spacial score (nSPS) is 23.6. The Morgan fingerprint density at radius 3 is 1.31 bits per heavy atom. The first kappa shape index (κ1) is 91.3. The summed E-state index contributed by atoms with van der Waals surface area (Å²) in [6.45, 7) is 71.1. The first-order valence-corrected chi connectivity index (χ1v) is 40.3. The molecule has 1 unspecified atom stereocenters. The Morgan fingerprint density at radius 1 is 0.519 bits per heavy atom. The van der Waals surface area contributed by atoms with Crippen molar-refractivity contribution in [2.75, 3.05) is 239 Å². The highest BCUT2D eigenvalue weighted by molar-refractivity contribution is 5.84. The summed E-state index contributed by atoms with van der Waals surface area (Å²) in [7, 11) is 11.5. The molecule has 0 radical (unpaired) electrons. The molecule has 11 aliphatic rings. The van der Waals surface area contributed by atoms with Crippen LogP contribution >= 0.6 is 0 Å². The number of likely N-dealkylation sites (tertiary alicyclic amines) is 8. The van der Waals surface area contributed by atoms with Crippen molar-refractivity contribution in [3.8, 4) is 0 Å². The predicted octanol–water partition coefficient (Wildman–Crippen LogP) is 4.12. The number of nitrogens with zero attached hydrogens (tertiary/aromatic N) is 16. The van der Waals surface area contributed by atoms with Crippen LogP contribution in [-0.4, -0.2) is 405 Å². The molecule has 26 nitrogen and oxygen atoms in total. The van der Waals surface area contributed by atoms with E-state index in [1.165, 1.54) is 39.3 Å². The van der Waals surface area contributed by atoms with Crippen molar-refractivity contribution in [1.82, 2.24) is 68.8 Å². The van der Waals surface area contributed by atoms with Gasteiger partial charge in [-0.1, -0.05) is 96.9 Å². The lowest BCUT2D eigenvalue weighted by molar-refractivity contribution is -0.757. The third kappa shape index (κ3) is 29.1. The monoisotopic (exact) mass is 1480 g/mol. The third-order valence-corrected chi connectivity index (χ3v) is 21.8. The van der Waals surface area contributed by atoms with E-state index in [-0.39, 0.29) is 58.9 Å². The molecular weight excluding hydrogens is 1320 g/mol. The Labute approximate surface area is 632 Å². The maximum Gasteiger partial charge on any atom is 0.259 e. The molecule has 606 valence electrons. The van der Waals surface area contributed by atoms with Crippen molar-refractivity contribution in [2.24, 2.45) is 58.5 Å². The maximum atomic E-state index is 12.0. The van der Waals surface area contributed by atoms with Crippen molar-refractivity contribution in [3.05, 3.63) is 9.81 Å². The van der Waals surface area contributed by atoms with Gasteiger partial charge in [0.15, 0.2) is 0 Å². The van der Waals surface area contributed by atoms with Crippen LogP contribution in [0.15, 0.2) is 0 Å². The summed E-state index contributed by atoms with van der Waals surface area (Å²) in [5.41, 5.74) is 4.79. The number of rotatable bonds is 26. The zero-order valence-corrected chi connectivity index (χ0v) is 70.6. The summed E-state index contributed by atoms with van der Waals surface area (Å²) in [5.74, 6) is 5.46. The van der Waals surface area contributed by atoms with Crippen LogP contribution in [0, 0.1) is 62.6 Å². The van der Waals surface area contributed by atoms with Gasteiger partial charge in [0.2, 0.25) is 17.7 Å². The van der Waals surface area contributed by atoms with Gasteiger partial charge in [-0.15, -0.1) is 10.0 Å².